The topological polar surface area (TPSA) is 127 Å². The number of piperazine rings is 1. The third kappa shape index (κ3) is 10.1. The number of hydrogen-bond acceptors (Lipinski definition) is 9. The Morgan fingerprint density at radius 2 is 1.61 bits per heavy atom. The van der Waals surface area contributed by atoms with Crippen molar-refractivity contribution in [1.82, 2.24) is 35.0 Å². The van der Waals surface area contributed by atoms with E-state index in [0.29, 0.717) is 54.9 Å². The molecule has 14 heteroatoms. The van der Waals surface area contributed by atoms with Crippen molar-refractivity contribution in [2.75, 3.05) is 62.6 Å². The van der Waals surface area contributed by atoms with Gasteiger partial charge in [-0.25, -0.2) is 18.3 Å². The molecular weight excluding hydrogens is 717 g/mol. The molecule has 3 amide bonds. The zero-order valence-electron chi connectivity index (χ0n) is 32.0. The number of imide groups is 1. The van der Waals surface area contributed by atoms with Gasteiger partial charge in [-0.05, 0) is 87.0 Å². The standard InChI is InChI=1S/C42H53F2N9O3/c43-31-11-14-35(44)33(28-31)37-8-7-21-52(37)38-18-23-53-40(48-38)34(29-46-53)41(55)45-19-5-3-1-2-4-6-20-50-24-26-51(27-25-50)22-17-30-9-12-32(13-10-30)47-36-15-16-39(54)49-42(36)56/h9-14,18,23,28-29,36-37,47H,1-8,15-17,19-22,24-27H2,(H,45,55)(H,49,54,56)/t36?,37-/m1/s1. The highest BCUT2D eigenvalue weighted by molar-refractivity contribution is 6.01. The van der Waals surface area contributed by atoms with Crippen molar-refractivity contribution in [2.24, 2.45) is 0 Å². The van der Waals surface area contributed by atoms with E-state index in [1.165, 1.54) is 43.2 Å². The lowest BCUT2D eigenvalue weighted by atomic mass is 10.0. The molecular formula is C42H53F2N9O3. The van der Waals surface area contributed by atoms with Gasteiger partial charge < -0.3 is 25.3 Å². The molecule has 1 unspecified atom stereocenters. The molecule has 3 aliphatic rings. The van der Waals surface area contributed by atoms with E-state index in [2.05, 4.69) is 43.0 Å². The summed E-state index contributed by atoms with van der Waals surface area (Å²) in [6.45, 7) is 7.80. The Balaban J connectivity index is 0.740. The lowest BCUT2D eigenvalue weighted by Gasteiger charge is -2.34. The molecule has 3 fully saturated rings. The summed E-state index contributed by atoms with van der Waals surface area (Å²) in [5, 5.41) is 13.0. The highest BCUT2D eigenvalue weighted by atomic mass is 19.1. The SMILES string of the molecule is O=C1CCC(Nc2ccc(CCN3CCN(CCCCCCCCNC(=O)c4cnn5ccc(N6CCC[C@@H]6c6cc(F)ccc6F)nc45)CC3)cc2)C(=O)N1. The van der Waals surface area contributed by atoms with Gasteiger partial charge in [-0.2, -0.15) is 5.10 Å². The minimum Gasteiger partial charge on any atom is -0.374 e. The molecule has 3 N–H and O–H groups in total. The van der Waals surface area contributed by atoms with Crippen molar-refractivity contribution < 1.29 is 23.2 Å². The number of amides is 3. The fourth-order valence-electron chi connectivity index (χ4n) is 8.10. The lowest BCUT2D eigenvalue weighted by Crippen LogP contribution is -2.47. The van der Waals surface area contributed by atoms with Gasteiger partial charge in [0.1, 0.15) is 29.1 Å². The second kappa shape index (κ2) is 18.8. The third-order valence-electron chi connectivity index (χ3n) is 11.4. The van der Waals surface area contributed by atoms with Crippen molar-refractivity contribution in [3.05, 3.63) is 89.2 Å². The molecule has 0 radical (unpaired) electrons. The fourth-order valence-corrected chi connectivity index (χ4v) is 8.10. The van der Waals surface area contributed by atoms with E-state index in [0.717, 1.165) is 83.1 Å². The average Bonchev–Trinajstić information content (AvgIpc) is 3.87. The largest absolute Gasteiger partial charge is 0.374 e. The molecule has 2 aromatic heterocycles. The van der Waals surface area contributed by atoms with Crippen LogP contribution >= 0.6 is 0 Å². The number of hydrogen-bond donors (Lipinski definition) is 3. The predicted octanol–water partition coefficient (Wildman–Crippen LogP) is 5.50. The Labute approximate surface area is 327 Å². The number of nitrogens with zero attached hydrogens (tertiary/aromatic N) is 6. The summed E-state index contributed by atoms with van der Waals surface area (Å²) in [7, 11) is 0. The van der Waals surface area contributed by atoms with E-state index in [9.17, 15) is 23.2 Å². The molecule has 5 heterocycles. The minimum atomic E-state index is -0.467. The van der Waals surface area contributed by atoms with Crippen LogP contribution < -0.4 is 20.9 Å². The maximum absolute atomic E-state index is 14.6. The lowest BCUT2D eigenvalue weighted by molar-refractivity contribution is -0.133. The number of anilines is 2. The Morgan fingerprint density at radius 3 is 2.39 bits per heavy atom. The van der Waals surface area contributed by atoms with E-state index in [-0.39, 0.29) is 29.8 Å². The van der Waals surface area contributed by atoms with Gasteiger partial charge >= 0.3 is 0 Å². The first-order valence-electron chi connectivity index (χ1n) is 20.3. The van der Waals surface area contributed by atoms with E-state index in [1.54, 1.807) is 16.8 Å². The van der Waals surface area contributed by atoms with E-state index < -0.39 is 11.6 Å². The highest BCUT2D eigenvalue weighted by Crippen LogP contribution is 2.37. The van der Waals surface area contributed by atoms with Gasteiger partial charge in [-0.1, -0.05) is 37.8 Å². The summed E-state index contributed by atoms with van der Waals surface area (Å²) in [6, 6.07) is 12.9. The van der Waals surface area contributed by atoms with E-state index in [4.69, 9.17) is 4.98 Å². The van der Waals surface area contributed by atoms with Crippen molar-refractivity contribution in [2.45, 2.75) is 82.7 Å². The summed E-state index contributed by atoms with van der Waals surface area (Å²) in [4.78, 5) is 48.4. The molecule has 2 aromatic carbocycles. The van der Waals surface area contributed by atoms with Crippen LogP contribution in [0.1, 0.15) is 91.7 Å². The number of rotatable bonds is 17. The van der Waals surface area contributed by atoms with Gasteiger partial charge in [-0.15, -0.1) is 0 Å². The first-order valence-corrected chi connectivity index (χ1v) is 20.3. The number of halogens is 2. The number of carbonyl (C=O) groups excluding carboxylic acids is 3. The molecule has 0 saturated carbocycles. The molecule has 4 aromatic rings. The van der Waals surface area contributed by atoms with Crippen LogP contribution in [0.2, 0.25) is 0 Å². The third-order valence-corrected chi connectivity index (χ3v) is 11.4. The number of benzene rings is 2. The van der Waals surface area contributed by atoms with Gasteiger partial charge in [-0.3, -0.25) is 19.7 Å². The normalized spacial score (nSPS) is 19.4. The second-order valence-corrected chi connectivity index (χ2v) is 15.3. The van der Waals surface area contributed by atoms with Gasteiger partial charge in [0.2, 0.25) is 11.8 Å². The molecule has 3 saturated heterocycles. The van der Waals surface area contributed by atoms with Crippen molar-refractivity contribution >= 4 is 34.9 Å². The van der Waals surface area contributed by atoms with Crippen molar-refractivity contribution in [3.8, 4) is 0 Å². The first kappa shape index (κ1) is 39.3. The average molecular weight is 770 g/mol. The summed E-state index contributed by atoms with van der Waals surface area (Å²) in [6.07, 6.45) is 13.4. The number of fused-ring (bicyclic) bond motifs is 1. The number of carbonyl (C=O) groups is 3. The quantitative estimate of drug-likeness (QED) is 0.0944. The Bertz CT molecular complexity index is 1960. The van der Waals surface area contributed by atoms with Crippen LogP contribution in [0.3, 0.4) is 0 Å². The summed E-state index contributed by atoms with van der Waals surface area (Å²) in [5.74, 6) is -0.961. The Kier molecular flexibility index (Phi) is 13.2. The van der Waals surface area contributed by atoms with Crippen LogP contribution in [0, 0.1) is 11.6 Å². The molecule has 0 bridgehead atoms. The van der Waals surface area contributed by atoms with Crippen LogP contribution in [0.25, 0.3) is 5.65 Å². The summed E-state index contributed by atoms with van der Waals surface area (Å²) in [5.41, 5.74) is 3.33. The molecule has 0 aliphatic carbocycles. The van der Waals surface area contributed by atoms with Crippen LogP contribution in [0.5, 0.6) is 0 Å². The molecule has 0 spiro atoms. The number of unbranched alkanes of at least 4 members (excludes halogenated alkanes) is 5. The van der Waals surface area contributed by atoms with Gasteiger partial charge in [0, 0.05) is 69.7 Å². The molecule has 298 valence electrons. The minimum absolute atomic E-state index is 0.204. The van der Waals surface area contributed by atoms with Gasteiger partial charge in [0.05, 0.1) is 12.2 Å². The maximum atomic E-state index is 14.6. The number of piperidine rings is 1. The number of nitrogens with one attached hydrogen (secondary N) is 3. The van der Waals surface area contributed by atoms with Crippen molar-refractivity contribution in [1.29, 1.82) is 0 Å². The molecule has 7 rings (SSSR count). The Hall–Kier alpha value is -4.95. The smallest absolute Gasteiger partial charge is 0.256 e. The number of aromatic nitrogens is 3. The zero-order valence-corrected chi connectivity index (χ0v) is 32.0. The molecule has 2 atom stereocenters. The fraction of sp³-hybridized carbons (Fsp3) is 0.500. The van der Waals surface area contributed by atoms with Gasteiger partial charge in [0.15, 0.2) is 5.65 Å². The van der Waals surface area contributed by atoms with Crippen LogP contribution in [0.4, 0.5) is 20.3 Å². The monoisotopic (exact) mass is 769 g/mol. The Morgan fingerprint density at radius 1 is 0.857 bits per heavy atom. The molecule has 3 aliphatic heterocycles. The van der Waals surface area contributed by atoms with Crippen LogP contribution in [0.15, 0.2) is 60.9 Å². The molecule has 12 nitrogen and oxygen atoms in total. The molecule has 56 heavy (non-hydrogen) atoms. The summed E-state index contributed by atoms with van der Waals surface area (Å²) >= 11 is 0. The van der Waals surface area contributed by atoms with Crippen LogP contribution in [-0.4, -0.2) is 101 Å². The second-order valence-electron chi connectivity index (χ2n) is 15.3. The van der Waals surface area contributed by atoms with Crippen LogP contribution in [-0.2, 0) is 16.0 Å². The van der Waals surface area contributed by atoms with E-state index >= 15 is 0 Å². The van der Waals surface area contributed by atoms with E-state index in [1.807, 2.05) is 17.0 Å². The first-order chi connectivity index (χ1) is 27.3. The zero-order chi connectivity index (χ0) is 38.9. The summed E-state index contributed by atoms with van der Waals surface area (Å²) < 4.78 is 30.2. The van der Waals surface area contributed by atoms with Crippen molar-refractivity contribution in [3.63, 3.8) is 0 Å². The maximum Gasteiger partial charge on any atom is 0.256 e. The van der Waals surface area contributed by atoms with Gasteiger partial charge in [0.25, 0.3) is 5.91 Å². The highest BCUT2D eigenvalue weighted by Gasteiger charge is 2.30. The predicted molar refractivity (Wildman–Crippen MR) is 212 cm³/mol.